The molecule has 3 aromatic rings. The fourth-order valence-electron chi connectivity index (χ4n) is 4.18. The van der Waals surface area contributed by atoms with Gasteiger partial charge in [-0.05, 0) is 38.5 Å². The van der Waals surface area contributed by atoms with Gasteiger partial charge in [-0.25, -0.2) is 13.4 Å². The molecule has 10 nitrogen and oxygen atoms in total. The van der Waals surface area contributed by atoms with Gasteiger partial charge in [0.2, 0.25) is 16.0 Å². The fraction of sp³-hybridized carbons (Fsp3) is 0.476. The topological polar surface area (TPSA) is 103 Å². The van der Waals surface area contributed by atoms with Crippen LogP contribution in [0.1, 0.15) is 18.2 Å². The van der Waals surface area contributed by atoms with Crippen molar-refractivity contribution in [3.05, 3.63) is 39.8 Å². The Balaban J connectivity index is 1.65. The van der Waals surface area contributed by atoms with Crippen LogP contribution in [-0.2, 0) is 23.6 Å². The van der Waals surface area contributed by atoms with Gasteiger partial charge in [0.1, 0.15) is 16.2 Å². The molecule has 172 valence electrons. The maximum atomic E-state index is 13.3. The standard InChI is InChI=1S/C21H28N6O4S/c1-6-27-20(28)19-18(15(3)23-24(19)4)22-21(27)25-9-11-26(12-10-25)32(29,30)17-13-14(2)7-8-16(17)31-5/h7-8,13H,6,9-12H2,1-5H3. The van der Waals surface area contributed by atoms with E-state index in [1.807, 2.05) is 31.7 Å². The molecule has 2 aromatic heterocycles. The molecule has 1 aliphatic rings. The summed E-state index contributed by atoms with van der Waals surface area (Å²) in [7, 11) is -0.512. The predicted molar refractivity (Wildman–Crippen MR) is 122 cm³/mol. The van der Waals surface area contributed by atoms with Crippen LogP contribution in [0, 0.1) is 13.8 Å². The molecular formula is C21H28N6O4S. The van der Waals surface area contributed by atoms with Crippen LogP contribution in [0.15, 0.2) is 27.9 Å². The number of fused-ring (bicyclic) bond motifs is 1. The van der Waals surface area contributed by atoms with Crippen molar-refractivity contribution < 1.29 is 13.2 Å². The molecule has 1 saturated heterocycles. The first-order chi connectivity index (χ1) is 15.2. The average molecular weight is 461 g/mol. The molecule has 32 heavy (non-hydrogen) atoms. The normalized spacial score (nSPS) is 15.5. The second kappa shape index (κ2) is 8.21. The highest BCUT2D eigenvalue weighted by Gasteiger charge is 2.32. The van der Waals surface area contributed by atoms with Gasteiger partial charge < -0.3 is 9.64 Å². The number of piperazine rings is 1. The quantitative estimate of drug-likeness (QED) is 0.565. The molecule has 0 atom stereocenters. The van der Waals surface area contributed by atoms with Gasteiger partial charge in [-0.15, -0.1) is 0 Å². The van der Waals surface area contributed by atoms with Crippen molar-refractivity contribution in [3.8, 4) is 5.75 Å². The minimum absolute atomic E-state index is 0.143. The number of aromatic nitrogens is 4. The third-order valence-corrected chi connectivity index (χ3v) is 7.79. The molecule has 1 aliphatic heterocycles. The summed E-state index contributed by atoms with van der Waals surface area (Å²) in [5.74, 6) is 0.878. The van der Waals surface area contributed by atoms with Crippen molar-refractivity contribution in [1.82, 2.24) is 23.6 Å². The van der Waals surface area contributed by atoms with E-state index < -0.39 is 10.0 Å². The summed E-state index contributed by atoms with van der Waals surface area (Å²) in [6, 6.07) is 5.13. The largest absolute Gasteiger partial charge is 0.495 e. The number of aryl methyl sites for hydroxylation is 3. The zero-order chi connectivity index (χ0) is 23.2. The molecule has 0 bridgehead atoms. The highest BCUT2D eigenvalue weighted by atomic mass is 32.2. The minimum atomic E-state index is -3.72. The van der Waals surface area contributed by atoms with E-state index in [9.17, 15) is 13.2 Å². The first-order valence-corrected chi connectivity index (χ1v) is 12.0. The smallest absolute Gasteiger partial charge is 0.281 e. The number of ether oxygens (including phenoxy) is 1. The van der Waals surface area contributed by atoms with Crippen molar-refractivity contribution in [1.29, 1.82) is 0 Å². The lowest BCUT2D eigenvalue weighted by Crippen LogP contribution is -2.50. The predicted octanol–water partition coefficient (Wildman–Crippen LogP) is 1.29. The van der Waals surface area contributed by atoms with Gasteiger partial charge in [-0.1, -0.05) is 6.07 Å². The van der Waals surface area contributed by atoms with E-state index in [0.29, 0.717) is 48.1 Å². The Morgan fingerprint density at radius 2 is 1.81 bits per heavy atom. The monoisotopic (exact) mass is 460 g/mol. The van der Waals surface area contributed by atoms with Crippen molar-refractivity contribution in [2.24, 2.45) is 7.05 Å². The summed E-state index contributed by atoms with van der Waals surface area (Å²) in [6.07, 6.45) is 0. The van der Waals surface area contributed by atoms with Crippen LogP contribution < -0.4 is 15.2 Å². The van der Waals surface area contributed by atoms with E-state index in [-0.39, 0.29) is 23.5 Å². The Kier molecular flexibility index (Phi) is 5.72. The van der Waals surface area contributed by atoms with Gasteiger partial charge in [0.25, 0.3) is 5.56 Å². The second-order valence-corrected chi connectivity index (χ2v) is 9.82. The van der Waals surface area contributed by atoms with E-state index in [1.54, 1.807) is 28.4 Å². The van der Waals surface area contributed by atoms with Crippen molar-refractivity contribution in [2.45, 2.75) is 32.2 Å². The highest BCUT2D eigenvalue weighted by molar-refractivity contribution is 7.89. The van der Waals surface area contributed by atoms with Gasteiger partial charge in [0, 0.05) is 39.8 Å². The Morgan fingerprint density at radius 3 is 2.44 bits per heavy atom. The SMILES string of the molecule is CCn1c(N2CCN(S(=O)(=O)c3cc(C)ccc3OC)CC2)nc2c(C)nn(C)c2c1=O. The Hall–Kier alpha value is -2.92. The lowest BCUT2D eigenvalue weighted by molar-refractivity contribution is 0.371. The molecule has 0 unspecified atom stereocenters. The third-order valence-electron chi connectivity index (χ3n) is 5.87. The molecule has 11 heteroatoms. The maximum Gasteiger partial charge on any atom is 0.281 e. The summed E-state index contributed by atoms with van der Waals surface area (Å²) in [6.45, 7) is 7.44. The van der Waals surface area contributed by atoms with E-state index in [4.69, 9.17) is 9.72 Å². The Labute approximate surface area is 187 Å². The summed E-state index contributed by atoms with van der Waals surface area (Å²) in [5.41, 5.74) is 2.45. The number of anilines is 1. The number of nitrogens with zero attached hydrogens (tertiary/aromatic N) is 6. The number of rotatable bonds is 5. The minimum Gasteiger partial charge on any atom is -0.495 e. The Morgan fingerprint density at radius 1 is 1.12 bits per heavy atom. The van der Waals surface area contributed by atoms with Crippen LogP contribution in [0.5, 0.6) is 5.75 Å². The molecule has 0 saturated carbocycles. The van der Waals surface area contributed by atoms with Crippen LogP contribution in [0.4, 0.5) is 5.95 Å². The van der Waals surface area contributed by atoms with Gasteiger partial charge in [0.15, 0.2) is 5.52 Å². The fourth-order valence-corrected chi connectivity index (χ4v) is 5.84. The number of benzene rings is 1. The second-order valence-electron chi connectivity index (χ2n) is 7.91. The molecule has 0 amide bonds. The summed E-state index contributed by atoms with van der Waals surface area (Å²) < 4.78 is 36.6. The molecule has 0 N–H and O–H groups in total. The van der Waals surface area contributed by atoms with E-state index in [2.05, 4.69) is 5.10 Å². The molecule has 3 heterocycles. The third kappa shape index (κ3) is 3.55. The molecule has 0 radical (unpaired) electrons. The van der Waals surface area contributed by atoms with Crippen molar-refractivity contribution in [2.75, 3.05) is 38.2 Å². The molecule has 0 spiro atoms. The van der Waals surface area contributed by atoms with Crippen LogP contribution in [0.2, 0.25) is 0 Å². The summed E-state index contributed by atoms with van der Waals surface area (Å²) in [4.78, 5) is 20.0. The van der Waals surface area contributed by atoms with Gasteiger partial charge >= 0.3 is 0 Å². The highest BCUT2D eigenvalue weighted by Crippen LogP contribution is 2.29. The summed E-state index contributed by atoms with van der Waals surface area (Å²) >= 11 is 0. The number of hydrogen-bond donors (Lipinski definition) is 0. The molecule has 0 aliphatic carbocycles. The first-order valence-electron chi connectivity index (χ1n) is 10.5. The molecule has 1 fully saturated rings. The molecule has 1 aromatic carbocycles. The van der Waals surface area contributed by atoms with E-state index in [0.717, 1.165) is 5.56 Å². The lowest BCUT2D eigenvalue weighted by Gasteiger charge is -2.35. The summed E-state index contributed by atoms with van der Waals surface area (Å²) in [5, 5.41) is 4.34. The van der Waals surface area contributed by atoms with E-state index >= 15 is 0 Å². The van der Waals surface area contributed by atoms with Crippen LogP contribution >= 0.6 is 0 Å². The molecular weight excluding hydrogens is 432 g/mol. The zero-order valence-electron chi connectivity index (χ0n) is 19.0. The van der Waals surface area contributed by atoms with Gasteiger partial charge in [-0.3, -0.25) is 14.0 Å². The average Bonchev–Trinajstić information content (AvgIpc) is 3.07. The molecule has 4 rings (SSSR count). The van der Waals surface area contributed by atoms with Gasteiger partial charge in [-0.2, -0.15) is 9.40 Å². The van der Waals surface area contributed by atoms with Crippen LogP contribution in [0.3, 0.4) is 0 Å². The van der Waals surface area contributed by atoms with Crippen molar-refractivity contribution in [3.63, 3.8) is 0 Å². The Bertz CT molecular complexity index is 1340. The number of sulfonamides is 1. The van der Waals surface area contributed by atoms with Gasteiger partial charge in [0.05, 0.1) is 12.8 Å². The lowest BCUT2D eigenvalue weighted by atomic mass is 10.2. The van der Waals surface area contributed by atoms with Crippen LogP contribution in [-0.4, -0.2) is 65.3 Å². The van der Waals surface area contributed by atoms with E-state index in [1.165, 1.54) is 11.4 Å². The van der Waals surface area contributed by atoms with Crippen LogP contribution in [0.25, 0.3) is 11.0 Å². The van der Waals surface area contributed by atoms with Crippen molar-refractivity contribution >= 4 is 27.0 Å². The first kappa shape index (κ1) is 22.3. The number of methoxy groups -OCH3 is 1. The zero-order valence-corrected chi connectivity index (χ0v) is 19.8. The maximum absolute atomic E-state index is 13.3. The number of hydrogen-bond acceptors (Lipinski definition) is 7.